The van der Waals surface area contributed by atoms with Crippen LogP contribution < -0.4 is 5.73 Å². The number of hydrogen-bond acceptors (Lipinski definition) is 3. The van der Waals surface area contributed by atoms with Gasteiger partial charge in [0, 0.05) is 17.0 Å². The lowest BCUT2D eigenvalue weighted by molar-refractivity contribution is 0.113. The first-order valence-corrected chi connectivity index (χ1v) is 8.16. The number of piperidine rings is 1. The molecule has 1 aromatic heterocycles. The third kappa shape index (κ3) is 2.63. The topological polar surface area (TPSA) is 29.3 Å². The van der Waals surface area contributed by atoms with Crippen LogP contribution in [0.25, 0.3) is 0 Å². The molecule has 2 unspecified atom stereocenters. The molecule has 0 bridgehead atoms. The molecule has 18 heavy (non-hydrogen) atoms. The van der Waals surface area contributed by atoms with Gasteiger partial charge in [-0.2, -0.15) is 0 Å². The quantitative estimate of drug-likeness (QED) is 0.904. The number of likely N-dealkylation sites (tertiary alicyclic amines) is 1. The van der Waals surface area contributed by atoms with Crippen molar-refractivity contribution in [1.82, 2.24) is 4.90 Å². The van der Waals surface area contributed by atoms with E-state index < -0.39 is 0 Å². The van der Waals surface area contributed by atoms with E-state index in [1.54, 1.807) is 4.88 Å². The highest BCUT2D eigenvalue weighted by Gasteiger charge is 2.38. The Kier molecular flexibility index (Phi) is 3.73. The molecule has 2 heterocycles. The van der Waals surface area contributed by atoms with E-state index in [0.29, 0.717) is 12.1 Å². The molecule has 2 aliphatic rings. The minimum absolute atomic E-state index is 0.369. The second-order valence-corrected chi connectivity index (χ2v) is 7.01. The van der Waals surface area contributed by atoms with Crippen molar-refractivity contribution in [3.05, 3.63) is 22.4 Å². The number of thiophene rings is 1. The van der Waals surface area contributed by atoms with Crippen LogP contribution >= 0.6 is 11.3 Å². The van der Waals surface area contributed by atoms with E-state index in [-0.39, 0.29) is 0 Å². The third-order valence-electron chi connectivity index (χ3n) is 4.61. The first kappa shape index (κ1) is 12.6. The molecule has 100 valence electrons. The van der Waals surface area contributed by atoms with Crippen LogP contribution in [0.15, 0.2) is 17.5 Å². The molecule has 1 saturated carbocycles. The van der Waals surface area contributed by atoms with Crippen LogP contribution in [0.5, 0.6) is 0 Å². The van der Waals surface area contributed by atoms with Crippen molar-refractivity contribution in [2.75, 3.05) is 13.1 Å². The maximum Gasteiger partial charge on any atom is 0.0469 e. The largest absolute Gasteiger partial charge is 0.328 e. The van der Waals surface area contributed by atoms with Crippen molar-refractivity contribution in [2.45, 2.75) is 44.7 Å². The molecule has 2 fully saturated rings. The number of nitrogens with zero attached hydrogens (tertiary/aromatic N) is 1. The Bertz CT molecular complexity index is 362. The minimum Gasteiger partial charge on any atom is -0.328 e. The van der Waals surface area contributed by atoms with Crippen LogP contribution in [-0.4, -0.2) is 24.0 Å². The third-order valence-corrected chi connectivity index (χ3v) is 5.56. The van der Waals surface area contributed by atoms with Gasteiger partial charge in [-0.1, -0.05) is 6.07 Å². The highest BCUT2D eigenvalue weighted by Crippen LogP contribution is 2.46. The van der Waals surface area contributed by atoms with Crippen molar-refractivity contribution in [3.8, 4) is 0 Å². The van der Waals surface area contributed by atoms with Crippen molar-refractivity contribution >= 4 is 11.3 Å². The fourth-order valence-electron chi connectivity index (χ4n) is 3.31. The summed E-state index contributed by atoms with van der Waals surface area (Å²) < 4.78 is 0. The Labute approximate surface area is 114 Å². The van der Waals surface area contributed by atoms with Crippen LogP contribution in [0.4, 0.5) is 0 Å². The molecular weight excluding hydrogens is 240 g/mol. The zero-order valence-electron chi connectivity index (χ0n) is 11.2. The number of hydrogen-bond donors (Lipinski definition) is 1. The molecule has 0 aromatic carbocycles. The van der Waals surface area contributed by atoms with E-state index in [2.05, 4.69) is 29.3 Å². The minimum atomic E-state index is 0.369. The van der Waals surface area contributed by atoms with Gasteiger partial charge in [0.1, 0.15) is 0 Å². The Morgan fingerprint density at radius 1 is 1.22 bits per heavy atom. The van der Waals surface area contributed by atoms with Gasteiger partial charge in [0.05, 0.1) is 0 Å². The standard InChI is InChI=1S/C15H24N2S/c1-11(16)12-6-8-17(9-7-12)15(13-4-5-13)14-3-2-10-18-14/h2-3,10-13,15H,4-9,16H2,1H3. The molecule has 2 atom stereocenters. The van der Waals surface area contributed by atoms with Gasteiger partial charge >= 0.3 is 0 Å². The lowest BCUT2D eigenvalue weighted by Gasteiger charge is -2.38. The zero-order chi connectivity index (χ0) is 12.5. The van der Waals surface area contributed by atoms with Gasteiger partial charge in [-0.05, 0) is 69.0 Å². The second-order valence-electron chi connectivity index (χ2n) is 6.03. The average Bonchev–Trinajstić information content (AvgIpc) is 3.05. The molecule has 0 spiro atoms. The van der Waals surface area contributed by atoms with Gasteiger partial charge in [-0.3, -0.25) is 4.90 Å². The van der Waals surface area contributed by atoms with Gasteiger partial charge in [0.25, 0.3) is 0 Å². The van der Waals surface area contributed by atoms with Crippen molar-refractivity contribution in [2.24, 2.45) is 17.6 Å². The first-order chi connectivity index (χ1) is 8.75. The maximum atomic E-state index is 6.04. The molecular formula is C15H24N2S. The summed E-state index contributed by atoms with van der Waals surface area (Å²) in [6.45, 7) is 4.65. The fraction of sp³-hybridized carbons (Fsp3) is 0.733. The summed E-state index contributed by atoms with van der Waals surface area (Å²) in [5, 5.41) is 2.22. The van der Waals surface area contributed by atoms with E-state index in [1.807, 2.05) is 11.3 Å². The Balaban J connectivity index is 1.66. The summed E-state index contributed by atoms with van der Waals surface area (Å²) in [4.78, 5) is 4.30. The monoisotopic (exact) mass is 264 g/mol. The Morgan fingerprint density at radius 2 is 1.94 bits per heavy atom. The van der Waals surface area contributed by atoms with Crippen LogP contribution in [0, 0.1) is 11.8 Å². The maximum absolute atomic E-state index is 6.04. The van der Waals surface area contributed by atoms with Gasteiger partial charge in [-0.15, -0.1) is 11.3 Å². The molecule has 2 N–H and O–H groups in total. The summed E-state index contributed by atoms with van der Waals surface area (Å²) >= 11 is 1.93. The van der Waals surface area contributed by atoms with E-state index in [9.17, 15) is 0 Å². The Hall–Kier alpha value is -0.380. The van der Waals surface area contributed by atoms with Gasteiger partial charge in [0.15, 0.2) is 0 Å². The van der Waals surface area contributed by atoms with Gasteiger partial charge in [-0.25, -0.2) is 0 Å². The highest BCUT2D eigenvalue weighted by molar-refractivity contribution is 7.10. The predicted octanol–water partition coefficient (Wildman–Crippen LogP) is 3.26. The predicted molar refractivity (Wildman–Crippen MR) is 77.7 cm³/mol. The Morgan fingerprint density at radius 3 is 2.44 bits per heavy atom. The van der Waals surface area contributed by atoms with Crippen LogP contribution in [0.1, 0.15) is 43.5 Å². The molecule has 3 rings (SSSR count). The summed E-state index contributed by atoms with van der Waals surface area (Å²) in [6.07, 6.45) is 5.42. The summed E-state index contributed by atoms with van der Waals surface area (Å²) in [6, 6.07) is 5.60. The molecule has 0 amide bonds. The van der Waals surface area contributed by atoms with Crippen molar-refractivity contribution in [3.63, 3.8) is 0 Å². The molecule has 2 nitrogen and oxygen atoms in total. The van der Waals surface area contributed by atoms with Crippen LogP contribution in [0.3, 0.4) is 0 Å². The summed E-state index contributed by atoms with van der Waals surface area (Å²) in [5.41, 5.74) is 6.04. The molecule has 1 aliphatic carbocycles. The normalized spacial score (nSPS) is 26.1. The van der Waals surface area contributed by atoms with Crippen LogP contribution in [0.2, 0.25) is 0 Å². The SMILES string of the molecule is CC(N)C1CCN(C(c2cccs2)C2CC2)CC1. The highest BCUT2D eigenvalue weighted by atomic mass is 32.1. The van der Waals surface area contributed by atoms with E-state index in [0.717, 1.165) is 11.8 Å². The first-order valence-electron chi connectivity index (χ1n) is 7.28. The second kappa shape index (κ2) is 5.32. The van der Waals surface area contributed by atoms with Crippen molar-refractivity contribution in [1.29, 1.82) is 0 Å². The van der Waals surface area contributed by atoms with E-state index in [4.69, 9.17) is 5.73 Å². The smallest absolute Gasteiger partial charge is 0.0469 e. The number of nitrogens with two attached hydrogens (primary N) is 1. The summed E-state index contributed by atoms with van der Waals surface area (Å²) in [5.74, 6) is 1.67. The van der Waals surface area contributed by atoms with Crippen LogP contribution in [-0.2, 0) is 0 Å². The summed E-state index contributed by atoms with van der Waals surface area (Å²) in [7, 11) is 0. The molecule has 1 aliphatic heterocycles. The average molecular weight is 264 g/mol. The number of rotatable bonds is 4. The molecule has 0 radical (unpaired) electrons. The molecule has 1 aromatic rings. The lowest BCUT2D eigenvalue weighted by atomic mass is 9.89. The molecule has 1 saturated heterocycles. The van der Waals surface area contributed by atoms with Gasteiger partial charge in [0.2, 0.25) is 0 Å². The van der Waals surface area contributed by atoms with Crippen molar-refractivity contribution < 1.29 is 0 Å². The van der Waals surface area contributed by atoms with E-state index in [1.165, 1.54) is 38.8 Å². The molecule has 3 heteroatoms. The zero-order valence-corrected chi connectivity index (χ0v) is 12.0. The lowest BCUT2D eigenvalue weighted by Crippen LogP contribution is -2.41. The van der Waals surface area contributed by atoms with E-state index >= 15 is 0 Å². The fourth-order valence-corrected chi connectivity index (χ4v) is 4.26. The van der Waals surface area contributed by atoms with Gasteiger partial charge < -0.3 is 5.73 Å².